The van der Waals surface area contributed by atoms with Crippen molar-refractivity contribution in [3.63, 3.8) is 0 Å². The molecule has 0 spiro atoms. The lowest BCUT2D eigenvalue weighted by Gasteiger charge is -2.33. The van der Waals surface area contributed by atoms with Crippen molar-refractivity contribution >= 4 is 47.8 Å². The second kappa shape index (κ2) is 8.98. The van der Waals surface area contributed by atoms with Crippen LogP contribution < -0.4 is 5.32 Å². The van der Waals surface area contributed by atoms with E-state index >= 15 is 0 Å². The van der Waals surface area contributed by atoms with E-state index in [-0.39, 0.29) is 30.9 Å². The van der Waals surface area contributed by atoms with Gasteiger partial charge >= 0.3 is 0 Å². The number of piperazine rings is 1. The maximum absolute atomic E-state index is 8.93. The standard InChI is InChI=1S/C11H14ClN3S.2ClH/c12-9-2-8-16-11(9)10(1-3-13)15-6-4-14-5-7-15;;/h2,8,10,14H,1,4-7H2;2*1H/t10-;;/m0../s1. The molecule has 0 bridgehead atoms. The first-order valence-corrected chi connectivity index (χ1v) is 6.63. The van der Waals surface area contributed by atoms with Crippen molar-refractivity contribution in [3.8, 4) is 6.07 Å². The molecular formula is C11H16Cl3N3S. The predicted octanol–water partition coefficient (Wildman–Crippen LogP) is 3.11. The molecule has 102 valence electrons. The van der Waals surface area contributed by atoms with E-state index in [2.05, 4.69) is 16.3 Å². The largest absolute Gasteiger partial charge is 0.314 e. The number of hydrogen-bond acceptors (Lipinski definition) is 4. The number of nitrogens with zero attached hydrogens (tertiary/aromatic N) is 2. The van der Waals surface area contributed by atoms with E-state index in [1.807, 2.05) is 11.4 Å². The average Bonchev–Trinajstić information content (AvgIpc) is 2.73. The number of rotatable bonds is 3. The van der Waals surface area contributed by atoms with Crippen molar-refractivity contribution in [2.75, 3.05) is 26.2 Å². The van der Waals surface area contributed by atoms with Gasteiger partial charge < -0.3 is 5.32 Å². The predicted molar refractivity (Wildman–Crippen MR) is 81.2 cm³/mol. The maximum Gasteiger partial charge on any atom is 0.0642 e. The Hall–Kier alpha value is -0.0200. The molecule has 1 N–H and O–H groups in total. The van der Waals surface area contributed by atoms with Crippen molar-refractivity contribution in [1.29, 1.82) is 5.26 Å². The van der Waals surface area contributed by atoms with Crippen molar-refractivity contribution in [3.05, 3.63) is 21.3 Å². The molecule has 1 aromatic rings. The molecule has 1 saturated heterocycles. The monoisotopic (exact) mass is 327 g/mol. The van der Waals surface area contributed by atoms with Crippen LogP contribution in [-0.4, -0.2) is 31.1 Å². The Balaban J connectivity index is 0.00000144. The highest BCUT2D eigenvalue weighted by Crippen LogP contribution is 2.34. The van der Waals surface area contributed by atoms with E-state index in [0.717, 1.165) is 36.1 Å². The smallest absolute Gasteiger partial charge is 0.0642 e. The Kier molecular flexibility index (Phi) is 8.97. The van der Waals surface area contributed by atoms with Gasteiger partial charge in [0, 0.05) is 31.1 Å². The molecule has 18 heavy (non-hydrogen) atoms. The van der Waals surface area contributed by atoms with E-state index < -0.39 is 0 Å². The van der Waals surface area contributed by atoms with E-state index in [4.69, 9.17) is 16.9 Å². The molecule has 0 unspecified atom stereocenters. The zero-order chi connectivity index (χ0) is 11.4. The third kappa shape index (κ3) is 4.27. The number of thiophene rings is 1. The molecule has 3 nitrogen and oxygen atoms in total. The SMILES string of the molecule is Cl.Cl.N#CC[C@@H](c1sccc1Cl)N1CCNCC1. The van der Waals surface area contributed by atoms with Gasteiger partial charge in [-0.2, -0.15) is 5.26 Å². The summed E-state index contributed by atoms with van der Waals surface area (Å²) in [6, 6.07) is 4.34. The van der Waals surface area contributed by atoms with E-state index in [0.29, 0.717) is 6.42 Å². The van der Waals surface area contributed by atoms with E-state index in [1.165, 1.54) is 0 Å². The number of nitrogens with one attached hydrogen (secondary N) is 1. The normalized spacial score (nSPS) is 17.1. The minimum Gasteiger partial charge on any atom is -0.314 e. The van der Waals surface area contributed by atoms with Gasteiger partial charge in [-0.25, -0.2) is 0 Å². The topological polar surface area (TPSA) is 39.1 Å². The minimum absolute atomic E-state index is 0. The molecule has 0 saturated carbocycles. The van der Waals surface area contributed by atoms with Gasteiger partial charge in [0.2, 0.25) is 0 Å². The first kappa shape index (κ1) is 18.0. The maximum atomic E-state index is 8.93. The summed E-state index contributed by atoms with van der Waals surface area (Å²) in [7, 11) is 0. The van der Waals surface area contributed by atoms with Crippen LogP contribution in [0.4, 0.5) is 0 Å². The van der Waals surface area contributed by atoms with Crippen LogP contribution in [0.15, 0.2) is 11.4 Å². The lowest BCUT2D eigenvalue weighted by molar-refractivity contribution is 0.178. The van der Waals surface area contributed by atoms with Gasteiger partial charge in [-0.05, 0) is 11.4 Å². The molecule has 0 aliphatic carbocycles. The van der Waals surface area contributed by atoms with Crippen LogP contribution in [0.2, 0.25) is 5.02 Å². The molecule has 1 fully saturated rings. The quantitative estimate of drug-likeness (QED) is 0.926. The Labute approximate surface area is 129 Å². The zero-order valence-corrected chi connectivity index (χ0v) is 13.0. The van der Waals surface area contributed by atoms with Gasteiger partial charge in [-0.15, -0.1) is 36.2 Å². The molecule has 1 aliphatic heterocycles. The first-order valence-electron chi connectivity index (χ1n) is 5.37. The molecule has 2 rings (SSSR count). The van der Waals surface area contributed by atoms with Crippen molar-refractivity contribution in [2.24, 2.45) is 0 Å². The van der Waals surface area contributed by atoms with Gasteiger partial charge in [-0.1, -0.05) is 11.6 Å². The van der Waals surface area contributed by atoms with Crippen LogP contribution in [0.3, 0.4) is 0 Å². The Morgan fingerprint density at radius 2 is 2.11 bits per heavy atom. The highest BCUT2D eigenvalue weighted by Gasteiger charge is 2.24. The third-order valence-corrected chi connectivity index (χ3v) is 4.28. The molecule has 2 heterocycles. The molecule has 1 aromatic heterocycles. The van der Waals surface area contributed by atoms with E-state index in [9.17, 15) is 0 Å². The second-order valence-electron chi connectivity index (χ2n) is 3.80. The van der Waals surface area contributed by atoms with E-state index in [1.54, 1.807) is 11.3 Å². The minimum atomic E-state index is 0. The summed E-state index contributed by atoms with van der Waals surface area (Å²) in [6.45, 7) is 3.96. The Morgan fingerprint density at radius 1 is 1.44 bits per heavy atom. The summed E-state index contributed by atoms with van der Waals surface area (Å²) >= 11 is 7.79. The van der Waals surface area contributed by atoms with Gasteiger partial charge in [-0.3, -0.25) is 4.90 Å². The van der Waals surface area contributed by atoms with Gasteiger partial charge in [0.1, 0.15) is 0 Å². The Bertz CT molecular complexity index is 385. The highest BCUT2D eigenvalue weighted by atomic mass is 35.5. The van der Waals surface area contributed by atoms with Gasteiger partial charge in [0.15, 0.2) is 0 Å². The van der Waals surface area contributed by atoms with Gasteiger partial charge in [0.05, 0.1) is 23.6 Å². The van der Waals surface area contributed by atoms with Crippen molar-refractivity contribution in [2.45, 2.75) is 12.5 Å². The van der Waals surface area contributed by atoms with Crippen LogP contribution in [0.5, 0.6) is 0 Å². The molecule has 1 atom stereocenters. The zero-order valence-electron chi connectivity index (χ0n) is 9.76. The highest BCUT2D eigenvalue weighted by molar-refractivity contribution is 7.10. The van der Waals surface area contributed by atoms with Crippen molar-refractivity contribution < 1.29 is 0 Å². The molecule has 0 amide bonds. The van der Waals surface area contributed by atoms with Crippen LogP contribution in [0, 0.1) is 11.3 Å². The summed E-state index contributed by atoms with van der Waals surface area (Å²) in [4.78, 5) is 3.47. The second-order valence-corrected chi connectivity index (χ2v) is 5.15. The lowest BCUT2D eigenvalue weighted by atomic mass is 10.1. The molecular weight excluding hydrogens is 313 g/mol. The summed E-state index contributed by atoms with van der Waals surface area (Å²) in [5.41, 5.74) is 0. The van der Waals surface area contributed by atoms with Crippen LogP contribution in [-0.2, 0) is 0 Å². The summed E-state index contributed by atoms with van der Waals surface area (Å²) < 4.78 is 0. The Morgan fingerprint density at radius 3 is 2.61 bits per heavy atom. The van der Waals surface area contributed by atoms with Gasteiger partial charge in [0.25, 0.3) is 0 Å². The first-order chi connectivity index (χ1) is 7.83. The van der Waals surface area contributed by atoms with Crippen LogP contribution >= 0.6 is 47.8 Å². The number of halogens is 3. The molecule has 1 aliphatic rings. The summed E-state index contributed by atoms with van der Waals surface area (Å²) in [5, 5.41) is 15.0. The van der Waals surface area contributed by atoms with Crippen LogP contribution in [0.1, 0.15) is 17.3 Å². The molecule has 7 heteroatoms. The molecule has 0 radical (unpaired) electrons. The summed E-state index contributed by atoms with van der Waals surface area (Å²) in [6.07, 6.45) is 0.514. The lowest BCUT2D eigenvalue weighted by Crippen LogP contribution is -2.45. The fraction of sp³-hybridized carbons (Fsp3) is 0.545. The molecule has 0 aromatic carbocycles. The fourth-order valence-electron chi connectivity index (χ4n) is 2.01. The number of hydrogen-bond donors (Lipinski definition) is 1. The summed E-state index contributed by atoms with van der Waals surface area (Å²) in [5.74, 6) is 0. The van der Waals surface area contributed by atoms with Crippen molar-refractivity contribution in [1.82, 2.24) is 10.2 Å². The van der Waals surface area contributed by atoms with Crippen LogP contribution in [0.25, 0.3) is 0 Å². The third-order valence-electron chi connectivity index (χ3n) is 2.82. The average molecular weight is 329 g/mol. The number of nitriles is 1. The fourth-order valence-corrected chi connectivity index (χ4v) is 3.33.